The van der Waals surface area contributed by atoms with Crippen molar-refractivity contribution in [1.82, 2.24) is 0 Å². The third-order valence-electron chi connectivity index (χ3n) is 1.10. The minimum absolute atomic E-state index is 0.0725. The van der Waals surface area contributed by atoms with Crippen LogP contribution in [0.1, 0.15) is 10.4 Å². The van der Waals surface area contributed by atoms with Crippen LogP contribution in [0.4, 0.5) is 0 Å². The fraction of sp³-hybridized carbons (Fsp3) is 0. The van der Waals surface area contributed by atoms with Crippen molar-refractivity contribution in [3.8, 4) is 0 Å². The summed E-state index contributed by atoms with van der Waals surface area (Å²) in [5, 5.41) is 1.78. The smallest absolute Gasteiger partial charge is 0.262 e. The van der Waals surface area contributed by atoms with E-state index in [1.54, 1.807) is 0 Å². The zero-order valence-electron chi connectivity index (χ0n) is 5.45. The molecule has 3 nitrogen and oxygen atoms in total. The minimum Gasteiger partial charge on any atom is -0.276 e. The molecule has 0 saturated heterocycles. The molecule has 0 atom stereocenters. The highest BCUT2D eigenvalue weighted by Crippen LogP contribution is 2.25. The highest BCUT2D eigenvalue weighted by molar-refractivity contribution is 8.13. The van der Waals surface area contributed by atoms with Crippen LogP contribution in [0.25, 0.3) is 0 Å². The van der Waals surface area contributed by atoms with Gasteiger partial charge < -0.3 is 0 Å². The average Bonchev–Trinajstić information content (AvgIpc) is 2.30. The molecular formula is C5H2Cl2O3S2. The van der Waals surface area contributed by atoms with Crippen LogP contribution in [-0.4, -0.2) is 13.7 Å². The van der Waals surface area contributed by atoms with Gasteiger partial charge in [-0.2, -0.15) is 11.3 Å². The summed E-state index contributed by atoms with van der Waals surface area (Å²) in [4.78, 5) is 10.4. The lowest BCUT2D eigenvalue weighted by Crippen LogP contribution is -1.96. The summed E-state index contributed by atoms with van der Waals surface area (Å²) in [6, 6.07) is 0. The van der Waals surface area contributed by atoms with Crippen LogP contribution >= 0.6 is 33.6 Å². The van der Waals surface area contributed by atoms with Crippen molar-refractivity contribution >= 4 is 47.9 Å². The summed E-state index contributed by atoms with van der Waals surface area (Å²) in [5.74, 6) is 0. The van der Waals surface area contributed by atoms with E-state index in [1.807, 2.05) is 0 Å². The molecule has 0 saturated carbocycles. The first-order valence-corrected chi connectivity index (χ1v) is 6.26. The molecule has 1 aromatic heterocycles. The van der Waals surface area contributed by atoms with E-state index in [1.165, 1.54) is 10.8 Å². The van der Waals surface area contributed by atoms with Gasteiger partial charge in [-0.25, -0.2) is 8.42 Å². The average molecular weight is 245 g/mol. The number of carbonyl (C=O) groups is 1. The van der Waals surface area contributed by atoms with Crippen molar-refractivity contribution in [1.29, 1.82) is 0 Å². The van der Waals surface area contributed by atoms with E-state index in [0.29, 0.717) is 0 Å². The summed E-state index contributed by atoms with van der Waals surface area (Å²) in [6.07, 6.45) is 0. The molecule has 0 aliphatic carbocycles. The monoisotopic (exact) mass is 244 g/mol. The highest BCUT2D eigenvalue weighted by Gasteiger charge is 2.20. The third kappa shape index (κ3) is 1.98. The van der Waals surface area contributed by atoms with Crippen LogP contribution in [0.15, 0.2) is 15.7 Å². The van der Waals surface area contributed by atoms with Crippen LogP contribution in [0.5, 0.6) is 0 Å². The molecule has 0 bridgehead atoms. The van der Waals surface area contributed by atoms with Crippen molar-refractivity contribution in [3.63, 3.8) is 0 Å². The SMILES string of the molecule is O=C(Cl)c1cscc1S(=O)(=O)Cl. The number of carbonyl (C=O) groups excluding carboxylic acids is 1. The van der Waals surface area contributed by atoms with Crippen LogP contribution in [0.2, 0.25) is 0 Å². The number of hydrogen-bond donors (Lipinski definition) is 0. The number of hydrogen-bond acceptors (Lipinski definition) is 4. The normalized spacial score (nSPS) is 11.5. The summed E-state index contributed by atoms with van der Waals surface area (Å²) in [7, 11) is 1.16. The van der Waals surface area contributed by atoms with Gasteiger partial charge in [0.15, 0.2) is 0 Å². The first kappa shape index (κ1) is 9.98. The van der Waals surface area contributed by atoms with Crippen molar-refractivity contribution < 1.29 is 13.2 Å². The maximum atomic E-state index is 10.8. The molecule has 66 valence electrons. The van der Waals surface area contributed by atoms with E-state index in [0.717, 1.165) is 11.3 Å². The van der Waals surface area contributed by atoms with Gasteiger partial charge in [0, 0.05) is 21.4 Å². The Kier molecular flexibility index (Phi) is 2.77. The van der Waals surface area contributed by atoms with E-state index in [2.05, 4.69) is 0 Å². The molecule has 1 aromatic rings. The van der Waals surface area contributed by atoms with Gasteiger partial charge in [-0.05, 0) is 11.6 Å². The van der Waals surface area contributed by atoms with Gasteiger partial charge in [-0.1, -0.05) is 0 Å². The Balaban J connectivity index is 3.36. The van der Waals surface area contributed by atoms with Crippen molar-refractivity contribution in [2.24, 2.45) is 0 Å². The lowest BCUT2D eigenvalue weighted by molar-refractivity contribution is 0.107. The topological polar surface area (TPSA) is 51.2 Å². The second-order valence-electron chi connectivity index (χ2n) is 1.86. The lowest BCUT2D eigenvalue weighted by atomic mass is 10.4. The van der Waals surface area contributed by atoms with Gasteiger partial charge in [0.05, 0.1) is 5.56 Å². The minimum atomic E-state index is -3.86. The Hall–Kier alpha value is -0.100. The van der Waals surface area contributed by atoms with Crippen LogP contribution in [0, 0.1) is 0 Å². The molecule has 0 N–H and O–H groups in total. The number of halogens is 2. The highest BCUT2D eigenvalue weighted by atomic mass is 35.7. The molecular weight excluding hydrogens is 243 g/mol. The van der Waals surface area contributed by atoms with Crippen LogP contribution < -0.4 is 0 Å². The predicted octanol–water partition coefficient (Wildman–Crippen LogP) is 2.05. The Morgan fingerprint density at radius 3 is 2.33 bits per heavy atom. The summed E-state index contributed by atoms with van der Waals surface area (Å²) in [6.45, 7) is 0. The third-order valence-corrected chi connectivity index (χ3v) is 3.56. The number of rotatable bonds is 2. The molecule has 12 heavy (non-hydrogen) atoms. The molecule has 7 heteroatoms. The molecule has 0 aliphatic heterocycles. The van der Waals surface area contributed by atoms with E-state index in [4.69, 9.17) is 22.3 Å². The van der Waals surface area contributed by atoms with Crippen LogP contribution in [0.3, 0.4) is 0 Å². The molecule has 0 radical (unpaired) electrons. The number of thiophene rings is 1. The van der Waals surface area contributed by atoms with Crippen LogP contribution in [-0.2, 0) is 9.05 Å². The standard InChI is InChI=1S/C5H2Cl2O3S2/c6-5(8)3-1-11-2-4(3)12(7,9)10/h1-2H. The van der Waals surface area contributed by atoms with Gasteiger partial charge >= 0.3 is 0 Å². The van der Waals surface area contributed by atoms with Gasteiger partial charge in [0.1, 0.15) is 4.90 Å². The summed E-state index contributed by atoms with van der Waals surface area (Å²) >= 11 is 6.15. The fourth-order valence-electron chi connectivity index (χ4n) is 0.617. The van der Waals surface area contributed by atoms with Crippen molar-refractivity contribution in [3.05, 3.63) is 16.3 Å². The zero-order valence-corrected chi connectivity index (χ0v) is 8.60. The van der Waals surface area contributed by atoms with Gasteiger partial charge in [-0.3, -0.25) is 4.79 Å². The van der Waals surface area contributed by atoms with E-state index in [-0.39, 0.29) is 10.5 Å². The first-order valence-electron chi connectivity index (χ1n) is 2.63. The molecule has 0 unspecified atom stereocenters. The maximum absolute atomic E-state index is 10.8. The molecule has 1 rings (SSSR count). The molecule has 0 fully saturated rings. The largest absolute Gasteiger partial charge is 0.276 e. The van der Waals surface area contributed by atoms with Gasteiger partial charge in [0.25, 0.3) is 14.3 Å². The van der Waals surface area contributed by atoms with Gasteiger partial charge in [-0.15, -0.1) is 0 Å². The Bertz CT molecular complexity index is 406. The van der Waals surface area contributed by atoms with E-state index >= 15 is 0 Å². The molecule has 0 spiro atoms. The lowest BCUT2D eigenvalue weighted by Gasteiger charge is -1.92. The Labute approximate surface area is 82.3 Å². The first-order chi connectivity index (χ1) is 5.43. The predicted molar refractivity (Wildman–Crippen MR) is 47.5 cm³/mol. The molecule has 0 aromatic carbocycles. The van der Waals surface area contributed by atoms with Crippen molar-refractivity contribution in [2.45, 2.75) is 4.90 Å². The fourth-order valence-corrected chi connectivity index (χ4v) is 3.28. The summed E-state index contributed by atoms with van der Waals surface area (Å²) < 4.78 is 21.6. The molecule has 0 amide bonds. The van der Waals surface area contributed by atoms with E-state index in [9.17, 15) is 13.2 Å². The Morgan fingerprint density at radius 1 is 1.42 bits per heavy atom. The van der Waals surface area contributed by atoms with Gasteiger partial charge in [0.2, 0.25) is 0 Å². The molecule has 0 aliphatic rings. The maximum Gasteiger partial charge on any atom is 0.262 e. The summed E-state index contributed by atoms with van der Waals surface area (Å²) in [5.41, 5.74) is -0.0725. The second-order valence-corrected chi connectivity index (χ2v) is 5.48. The zero-order chi connectivity index (χ0) is 9.35. The quantitative estimate of drug-likeness (QED) is 0.749. The van der Waals surface area contributed by atoms with Crippen molar-refractivity contribution in [2.75, 3.05) is 0 Å². The second kappa shape index (κ2) is 3.33. The Morgan fingerprint density at radius 2 is 2.00 bits per heavy atom. The van der Waals surface area contributed by atoms with E-state index < -0.39 is 14.3 Å². The molecule has 1 heterocycles.